The predicted octanol–water partition coefficient (Wildman–Crippen LogP) is 3.90. The molecule has 1 amide bonds. The molecule has 5 nitrogen and oxygen atoms in total. The van der Waals surface area contributed by atoms with E-state index in [0.29, 0.717) is 0 Å². The standard InChI is InChI=1S/C20H24N2O3.ClH/c1-24-16-10-11-19(25-2)17(13-16)18-9-6-12-22(18)20(23)14-21-15-7-4-3-5-8-15;/h3-5,7-8,10-11,13,18,21H,6,9,12,14H2,1-2H3;1H. The highest BCUT2D eigenvalue weighted by molar-refractivity contribution is 5.85. The van der Waals surface area contributed by atoms with Crippen molar-refractivity contribution in [1.82, 2.24) is 4.90 Å². The number of likely N-dealkylation sites (tertiary alicyclic amines) is 1. The number of halogens is 1. The molecule has 0 saturated carbocycles. The zero-order valence-electron chi connectivity index (χ0n) is 15.1. The largest absolute Gasteiger partial charge is 0.497 e. The first-order valence-electron chi connectivity index (χ1n) is 8.53. The molecule has 1 atom stereocenters. The monoisotopic (exact) mass is 376 g/mol. The Kier molecular flexibility index (Phi) is 7.16. The SMILES string of the molecule is COc1ccc(OC)c(C2CCCN2C(=O)CNc2ccccc2)c1.Cl. The lowest BCUT2D eigenvalue weighted by Crippen LogP contribution is -2.35. The van der Waals surface area contributed by atoms with Crippen molar-refractivity contribution in [3.8, 4) is 11.5 Å². The topological polar surface area (TPSA) is 50.8 Å². The first kappa shape index (κ1) is 19.9. The normalized spacial score (nSPS) is 15.9. The van der Waals surface area contributed by atoms with Crippen LogP contribution in [0.1, 0.15) is 24.4 Å². The molecule has 6 heteroatoms. The van der Waals surface area contributed by atoms with E-state index >= 15 is 0 Å². The Morgan fingerprint density at radius 3 is 2.62 bits per heavy atom. The van der Waals surface area contributed by atoms with Gasteiger partial charge in [-0.15, -0.1) is 12.4 Å². The van der Waals surface area contributed by atoms with Crippen molar-refractivity contribution in [2.45, 2.75) is 18.9 Å². The molecule has 1 saturated heterocycles. The van der Waals surface area contributed by atoms with E-state index in [-0.39, 0.29) is 30.9 Å². The maximum Gasteiger partial charge on any atom is 0.242 e. The number of hydrogen-bond donors (Lipinski definition) is 1. The molecule has 0 spiro atoms. The van der Waals surface area contributed by atoms with E-state index in [9.17, 15) is 4.79 Å². The van der Waals surface area contributed by atoms with Crippen LogP contribution in [-0.4, -0.2) is 38.1 Å². The van der Waals surface area contributed by atoms with Gasteiger partial charge in [-0.05, 0) is 43.2 Å². The molecule has 0 bridgehead atoms. The second kappa shape index (κ2) is 9.34. The van der Waals surface area contributed by atoms with Gasteiger partial charge in [-0.1, -0.05) is 18.2 Å². The van der Waals surface area contributed by atoms with Gasteiger partial charge in [0.15, 0.2) is 0 Å². The van der Waals surface area contributed by atoms with Crippen LogP contribution in [0.2, 0.25) is 0 Å². The van der Waals surface area contributed by atoms with Crippen LogP contribution >= 0.6 is 12.4 Å². The van der Waals surface area contributed by atoms with E-state index < -0.39 is 0 Å². The van der Waals surface area contributed by atoms with Crippen molar-refractivity contribution in [2.24, 2.45) is 0 Å². The van der Waals surface area contributed by atoms with Gasteiger partial charge in [0.05, 0.1) is 26.8 Å². The van der Waals surface area contributed by atoms with Crippen LogP contribution in [0.15, 0.2) is 48.5 Å². The van der Waals surface area contributed by atoms with Gasteiger partial charge in [0, 0.05) is 17.8 Å². The summed E-state index contributed by atoms with van der Waals surface area (Å²) in [5.41, 5.74) is 1.96. The van der Waals surface area contributed by atoms with Gasteiger partial charge in [0.2, 0.25) is 5.91 Å². The van der Waals surface area contributed by atoms with Crippen LogP contribution in [-0.2, 0) is 4.79 Å². The molecule has 1 aliphatic rings. The van der Waals surface area contributed by atoms with Gasteiger partial charge >= 0.3 is 0 Å². The molecule has 3 rings (SSSR count). The van der Waals surface area contributed by atoms with E-state index in [0.717, 1.165) is 42.1 Å². The average Bonchev–Trinajstić information content (AvgIpc) is 3.16. The fourth-order valence-corrected chi connectivity index (χ4v) is 3.32. The number of anilines is 1. The van der Waals surface area contributed by atoms with Gasteiger partial charge in [-0.25, -0.2) is 0 Å². The number of para-hydroxylation sites is 1. The highest BCUT2D eigenvalue weighted by Crippen LogP contribution is 2.38. The Morgan fingerprint density at radius 2 is 1.92 bits per heavy atom. The van der Waals surface area contributed by atoms with Crippen LogP contribution in [0, 0.1) is 0 Å². The third-order valence-electron chi connectivity index (χ3n) is 4.59. The van der Waals surface area contributed by atoms with Crippen molar-refractivity contribution in [3.05, 3.63) is 54.1 Å². The number of methoxy groups -OCH3 is 2. The van der Waals surface area contributed by atoms with Crippen molar-refractivity contribution in [2.75, 3.05) is 32.6 Å². The Hall–Kier alpha value is -2.40. The van der Waals surface area contributed by atoms with Crippen LogP contribution in [0.25, 0.3) is 0 Å². The van der Waals surface area contributed by atoms with Crippen LogP contribution in [0.3, 0.4) is 0 Å². The summed E-state index contributed by atoms with van der Waals surface area (Å²) in [5.74, 6) is 1.66. The minimum Gasteiger partial charge on any atom is -0.497 e. The summed E-state index contributed by atoms with van der Waals surface area (Å²) in [6, 6.07) is 15.5. The molecule has 0 aliphatic carbocycles. The fraction of sp³-hybridized carbons (Fsp3) is 0.350. The smallest absolute Gasteiger partial charge is 0.242 e. The molecule has 1 unspecified atom stereocenters. The fourth-order valence-electron chi connectivity index (χ4n) is 3.32. The number of rotatable bonds is 6. The minimum atomic E-state index is 0. The third kappa shape index (κ3) is 4.41. The Morgan fingerprint density at radius 1 is 1.15 bits per heavy atom. The molecule has 1 N–H and O–H groups in total. The molecule has 2 aromatic rings. The van der Waals surface area contributed by atoms with Crippen LogP contribution < -0.4 is 14.8 Å². The predicted molar refractivity (Wildman–Crippen MR) is 105 cm³/mol. The van der Waals surface area contributed by atoms with Crippen molar-refractivity contribution < 1.29 is 14.3 Å². The second-order valence-electron chi connectivity index (χ2n) is 6.07. The molecular formula is C20H25ClN2O3. The van der Waals surface area contributed by atoms with Crippen molar-refractivity contribution in [3.63, 3.8) is 0 Å². The Balaban J connectivity index is 0.00000243. The molecule has 2 aromatic carbocycles. The number of amides is 1. The van der Waals surface area contributed by atoms with Gasteiger partial charge in [0.25, 0.3) is 0 Å². The molecule has 0 aromatic heterocycles. The molecule has 1 aliphatic heterocycles. The number of nitrogens with one attached hydrogen (secondary N) is 1. The van der Waals surface area contributed by atoms with Gasteiger partial charge in [0.1, 0.15) is 11.5 Å². The maximum atomic E-state index is 12.7. The van der Waals surface area contributed by atoms with Gasteiger partial charge in [-0.2, -0.15) is 0 Å². The van der Waals surface area contributed by atoms with E-state index in [2.05, 4.69) is 5.32 Å². The van der Waals surface area contributed by atoms with Crippen molar-refractivity contribution in [1.29, 1.82) is 0 Å². The molecule has 1 heterocycles. The minimum absolute atomic E-state index is 0. The Bertz CT molecular complexity index is 724. The Labute approximate surface area is 160 Å². The summed E-state index contributed by atoms with van der Waals surface area (Å²) in [6.45, 7) is 1.05. The second-order valence-corrected chi connectivity index (χ2v) is 6.07. The summed E-state index contributed by atoms with van der Waals surface area (Å²) in [6.07, 6.45) is 1.92. The van der Waals surface area contributed by atoms with E-state index in [4.69, 9.17) is 9.47 Å². The maximum absolute atomic E-state index is 12.7. The lowest BCUT2D eigenvalue weighted by molar-refractivity contribution is -0.130. The number of benzene rings is 2. The zero-order chi connectivity index (χ0) is 17.6. The molecule has 1 fully saturated rings. The van der Waals surface area contributed by atoms with Crippen LogP contribution in [0.5, 0.6) is 11.5 Å². The van der Waals surface area contributed by atoms with E-state index in [1.165, 1.54) is 0 Å². The molecule has 140 valence electrons. The number of ether oxygens (including phenoxy) is 2. The summed E-state index contributed by atoms with van der Waals surface area (Å²) < 4.78 is 10.8. The average molecular weight is 377 g/mol. The lowest BCUT2D eigenvalue weighted by Gasteiger charge is -2.27. The third-order valence-corrected chi connectivity index (χ3v) is 4.59. The van der Waals surface area contributed by atoms with E-state index in [1.807, 2.05) is 53.4 Å². The quantitative estimate of drug-likeness (QED) is 0.830. The van der Waals surface area contributed by atoms with E-state index in [1.54, 1.807) is 14.2 Å². The van der Waals surface area contributed by atoms with Gasteiger partial charge < -0.3 is 19.7 Å². The van der Waals surface area contributed by atoms with Crippen LogP contribution in [0.4, 0.5) is 5.69 Å². The summed E-state index contributed by atoms with van der Waals surface area (Å²) >= 11 is 0. The summed E-state index contributed by atoms with van der Waals surface area (Å²) in [5, 5.41) is 3.20. The summed E-state index contributed by atoms with van der Waals surface area (Å²) in [7, 11) is 3.30. The number of nitrogens with zero attached hydrogens (tertiary/aromatic N) is 1. The number of hydrogen-bond acceptors (Lipinski definition) is 4. The zero-order valence-corrected chi connectivity index (χ0v) is 15.9. The first-order valence-corrected chi connectivity index (χ1v) is 8.53. The molecule has 0 radical (unpaired) electrons. The highest BCUT2D eigenvalue weighted by atomic mass is 35.5. The first-order chi connectivity index (χ1) is 12.2. The number of carbonyl (C=O) groups excluding carboxylic acids is 1. The molecule has 26 heavy (non-hydrogen) atoms. The van der Waals surface area contributed by atoms with Crippen molar-refractivity contribution >= 4 is 24.0 Å². The highest BCUT2D eigenvalue weighted by Gasteiger charge is 2.31. The van der Waals surface area contributed by atoms with Gasteiger partial charge in [-0.3, -0.25) is 4.79 Å². The summed E-state index contributed by atoms with van der Waals surface area (Å²) in [4.78, 5) is 14.7. The molecular weight excluding hydrogens is 352 g/mol. The number of carbonyl (C=O) groups is 1. The lowest BCUT2D eigenvalue weighted by atomic mass is 10.0.